The molecule has 3 aromatic rings. The number of nitrogens with zero attached hydrogens (tertiary/aromatic N) is 3. The third kappa shape index (κ3) is 5.21. The zero-order chi connectivity index (χ0) is 20.1. The van der Waals surface area contributed by atoms with Crippen molar-refractivity contribution in [2.75, 3.05) is 0 Å². The molecule has 2 aromatic heterocycles. The number of hydrogen-bond donors (Lipinski definition) is 1. The maximum Gasteiger partial charge on any atom is 0.244 e. The van der Waals surface area contributed by atoms with E-state index in [0.29, 0.717) is 23.4 Å². The topological polar surface area (TPSA) is 59.8 Å². The number of benzene rings is 1. The highest BCUT2D eigenvalue weighted by molar-refractivity contribution is 6.31. The number of nitrogens with one attached hydrogen (secondary N) is 1. The predicted molar refractivity (Wildman–Crippen MR) is 112 cm³/mol. The van der Waals surface area contributed by atoms with Crippen LogP contribution in [0, 0.1) is 13.8 Å². The molecular formula is C21H20Cl2N4O. The molecule has 0 radical (unpaired) electrons. The van der Waals surface area contributed by atoms with Gasteiger partial charge in [0.15, 0.2) is 0 Å². The number of rotatable bonds is 6. The monoisotopic (exact) mass is 414 g/mol. The highest BCUT2D eigenvalue weighted by atomic mass is 35.5. The summed E-state index contributed by atoms with van der Waals surface area (Å²) < 4.78 is 1.73. The zero-order valence-electron chi connectivity index (χ0n) is 15.6. The molecule has 144 valence electrons. The van der Waals surface area contributed by atoms with Crippen molar-refractivity contribution in [1.29, 1.82) is 0 Å². The third-order valence-corrected chi connectivity index (χ3v) is 4.84. The number of hydrogen-bond acceptors (Lipinski definition) is 3. The Bertz CT molecular complexity index is 992. The van der Waals surface area contributed by atoms with E-state index in [1.165, 1.54) is 11.6 Å². The van der Waals surface area contributed by atoms with Crippen molar-refractivity contribution in [2.45, 2.75) is 26.9 Å². The van der Waals surface area contributed by atoms with E-state index in [2.05, 4.69) is 39.7 Å². The molecule has 3 rings (SSSR count). The number of carbonyl (C=O) groups is 1. The van der Waals surface area contributed by atoms with E-state index in [1.54, 1.807) is 23.0 Å². The highest BCUT2D eigenvalue weighted by Gasteiger charge is 2.12. The maximum absolute atomic E-state index is 12.1. The molecule has 0 aliphatic rings. The number of aryl methyl sites for hydroxylation is 2. The molecule has 0 aliphatic heterocycles. The molecule has 1 amide bonds. The van der Waals surface area contributed by atoms with E-state index < -0.39 is 0 Å². The molecule has 0 saturated heterocycles. The van der Waals surface area contributed by atoms with Gasteiger partial charge in [0, 0.05) is 24.4 Å². The summed E-state index contributed by atoms with van der Waals surface area (Å²) in [4.78, 5) is 16.1. The van der Waals surface area contributed by atoms with Crippen molar-refractivity contribution >= 4 is 35.2 Å². The largest absolute Gasteiger partial charge is 0.348 e. The first-order valence-electron chi connectivity index (χ1n) is 8.77. The van der Waals surface area contributed by atoms with Crippen LogP contribution >= 0.6 is 23.2 Å². The van der Waals surface area contributed by atoms with Gasteiger partial charge in [-0.3, -0.25) is 4.79 Å². The Kier molecular flexibility index (Phi) is 6.49. The lowest BCUT2D eigenvalue weighted by molar-refractivity contribution is -0.116. The van der Waals surface area contributed by atoms with Crippen molar-refractivity contribution < 1.29 is 4.79 Å². The van der Waals surface area contributed by atoms with Gasteiger partial charge in [0.25, 0.3) is 0 Å². The molecule has 0 saturated carbocycles. The van der Waals surface area contributed by atoms with Gasteiger partial charge in [-0.1, -0.05) is 59.1 Å². The first-order chi connectivity index (χ1) is 13.4. The van der Waals surface area contributed by atoms with Gasteiger partial charge in [-0.05, 0) is 37.1 Å². The van der Waals surface area contributed by atoms with Crippen molar-refractivity contribution in [3.8, 4) is 0 Å². The lowest BCUT2D eigenvalue weighted by Gasteiger charge is -2.04. The van der Waals surface area contributed by atoms with Crippen molar-refractivity contribution in [3.63, 3.8) is 0 Å². The van der Waals surface area contributed by atoms with Crippen LogP contribution in [-0.2, 0) is 17.9 Å². The quantitative estimate of drug-likeness (QED) is 0.474. The summed E-state index contributed by atoms with van der Waals surface area (Å²) in [6.07, 6.45) is 4.77. The normalized spacial score (nSPS) is 11.1. The van der Waals surface area contributed by atoms with E-state index in [1.807, 2.05) is 19.9 Å². The van der Waals surface area contributed by atoms with E-state index >= 15 is 0 Å². The van der Waals surface area contributed by atoms with E-state index in [9.17, 15) is 4.79 Å². The summed E-state index contributed by atoms with van der Waals surface area (Å²) in [5, 5.41) is 8.21. The van der Waals surface area contributed by atoms with Gasteiger partial charge in [-0.15, -0.1) is 0 Å². The molecule has 1 aromatic carbocycles. The van der Waals surface area contributed by atoms with Crippen molar-refractivity contribution in [3.05, 3.63) is 86.9 Å². The molecule has 0 bridgehead atoms. The smallest absolute Gasteiger partial charge is 0.244 e. The summed E-state index contributed by atoms with van der Waals surface area (Å²) in [6, 6.07) is 11.7. The van der Waals surface area contributed by atoms with Gasteiger partial charge >= 0.3 is 0 Å². The lowest BCUT2D eigenvalue weighted by Crippen LogP contribution is -2.20. The summed E-state index contributed by atoms with van der Waals surface area (Å²) in [5.74, 6) is -0.225. The average Bonchev–Trinajstić information content (AvgIpc) is 2.94. The predicted octanol–water partition coefficient (Wildman–Crippen LogP) is 4.58. The number of halogens is 2. The average molecular weight is 415 g/mol. The van der Waals surface area contributed by atoms with Crippen molar-refractivity contribution in [2.24, 2.45) is 0 Å². The first-order valence-corrected chi connectivity index (χ1v) is 9.53. The fourth-order valence-electron chi connectivity index (χ4n) is 2.65. The van der Waals surface area contributed by atoms with Crippen molar-refractivity contribution in [1.82, 2.24) is 20.1 Å². The number of carbonyl (C=O) groups excluding carboxylic acids is 1. The number of aromatic nitrogens is 3. The fraction of sp³-hybridized carbons (Fsp3) is 0.190. The molecule has 7 heteroatoms. The van der Waals surface area contributed by atoms with Gasteiger partial charge in [0.2, 0.25) is 5.91 Å². The van der Waals surface area contributed by atoms with Gasteiger partial charge < -0.3 is 5.32 Å². The van der Waals surface area contributed by atoms with Crippen LogP contribution in [0.4, 0.5) is 0 Å². The Hall–Kier alpha value is -2.63. The molecule has 0 aliphatic carbocycles. The summed E-state index contributed by atoms with van der Waals surface area (Å²) in [7, 11) is 0. The van der Waals surface area contributed by atoms with Gasteiger partial charge in [-0.25, -0.2) is 9.67 Å². The second-order valence-corrected chi connectivity index (χ2v) is 7.22. The van der Waals surface area contributed by atoms with Gasteiger partial charge in [0.1, 0.15) is 10.3 Å². The minimum atomic E-state index is -0.225. The van der Waals surface area contributed by atoms with Gasteiger partial charge in [-0.2, -0.15) is 5.10 Å². The molecular weight excluding hydrogens is 395 g/mol. The minimum absolute atomic E-state index is 0.225. The zero-order valence-corrected chi connectivity index (χ0v) is 17.1. The van der Waals surface area contributed by atoms with Crippen LogP contribution in [0.25, 0.3) is 6.08 Å². The lowest BCUT2D eigenvalue weighted by atomic mass is 10.1. The Morgan fingerprint density at radius 3 is 2.50 bits per heavy atom. The van der Waals surface area contributed by atoms with Crippen LogP contribution in [0.1, 0.15) is 27.9 Å². The molecule has 0 spiro atoms. The Balaban J connectivity index is 1.64. The molecule has 0 unspecified atom stereocenters. The highest BCUT2D eigenvalue weighted by Crippen LogP contribution is 2.22. The molecule has 2 heterocycles. The van der Waals surface area contributed by atoms with E-state index in [0.717, 1.165) is 22.4 Å². The van der Waals surface area contributed by atoms with Crippen LogP contribution in [0.2, 0.25) is 10.3 Å². The summed E-state index contributed by atoms with van der Waals surface area (Å²) in [6.45, 7) is 4.86. The van der Waals surface area contributed by atoms with Crippen LogP contribution in [-0.4, -0.2) is 20.7 Å². The third-order valence-electron chi connectivity index (χ3n) is 4.22. The summed E-state index contributed by atoms with van der Waals surface area (Å²) in [5.41, 5.74) is 4.68. The van der Waals surface area contributed by atoms with Gasteiger partial charge in [0.05, 0.1) is 12.2 Å². The molecule has 5 nitrogen and oxygen atoms in total. The SMILES string of the molecule is Cc1ccc(Cn2nc(C)c(/C=C/C(=O)NCc3ccc(Cl)nc3)c2Cl)cc1. The second-order valence-electron chi connectivity index (χ2n) is 6.47. The summed E-state index contributed by atoms with van der Waals surface area (Å²) >= 11 is 12.2. The fourth-order valence-corrected chi connectivity index (χ4v) is 3.05. The second kappa shape index (κ2) is 9.04. The van der Waals surface area contributed by atoms with E-state index in [4.69, 9.17) is 23.2 Å². The van der Waals surface area contributed by atoms with E-state index in [-0.39, 0.29) is 5.91 Å². The number of amides is 1. The first kappa shape index (κ1) is 20.1. The van der Waals surface area contributed by atoms with Crippen LogP contribution in [0.15, 0.2) is 48.7 Å². The standard InChI is InChI=1S/C21H20Cl2N4O/c1-14-3-5-16(6-4-14)13-27-21(23)18(15(2)26-27)8-10-20(28)25-12-17-7-9-19(22)24-11-17/h3-11H,12-13H2,1-2H3,(H,25,28)/b10-8+. The maximum atomic E-state index is 12.1. The molecule has 0 atom stereocenters. The molecule has 1 N–H and O–H groups in total. The number of pyridine rings is 1. The van der Waals surface area contributed by atoms with Crippen LogP contribution in [0.3, 0.4) is 0 Å². The Morgan fingerprint density at radius 2 is 1.82 bits per heavy atom. The Morgan fingerprint density at radius 1 is 1.11 bits per heavy atom. The minimum Gasteiger partial charge on any atom is -0.348 e. The molecule has 0 fully saturated rings. The Labute approximate surface area is 174 Å². The molecule has 28 heavy (non-hydrogen) atoms. The van der Waals surface area contributed by atoms with Crippen LogP contribution < -0.4 is 5.32 Å². The van der Waals surface area contributed by atoms with Crippen LogP contribution in [0.5, 0.6) is 0 Å².